The molecule has 0 saturated heterocycles. The van der Waals surface area contributed by atoms with Crippen LogP contribution in [0.2, 0.25) is 0 Å². The number of alkyl halides is 3. The summed E-state index contributed by atoms with van der Waals surface area (Å²) in [5.41, 5.74) is 0. The van der Waals surface area contributed by atoms with E-state index in [0.29, 0.717) is 0 Å². The van der Waals surface area contributed by atoms with Crippen molar-refractivity contribution in [2.75, 3.05) is 0 Å². The van der Waals surface area contributed by atoms with Crippen LogP contribution in [0.3, 0.4) is 0 Å². The Hall–Kier alpha value is 0.1000. The summed E-state index contributed by atoms with van der Waals surface area (Å²) >= 11 is 6.45. The van der Waals surface area contributed by atoms with Crippen molar-refractivity contribution < 1.29 is 13.2 Å². The number of halogens is 4. The third kappa shape index (κ3) is 2.29. The Morgan fingerprint density at radius 3 is 2.58 bits per heavy atom. The van der Waals surface area contributed by atoms with Gasteiger partial charge in [0.25, 0.3) is 0 Å². The Balaban J connectivity index is 2.83. The lowest BCUT2D eigenvalue weighted by atomic mass is 10.0. The second kappa shape index (κ2) is 3.46. The van der Waals surface area contributed by atoms with Crippen molar-refractivity contribution in [1.29, 1.82) is 0 Å². The zero-order valence-corrected chi connectivity index (χ0v) is 8.33. The lowest BCUT2D eigenvalue weighted by Crippen LogP contribution is -2.18. The summed E-state index contributed by atoms with van der Waals surface area (Å²) in [7, 11) is 0. The molecule has 0 amide bonds. The zero-order valence-electron chi connectivity index (χ0n) is 5.85. The van der Waals surface area contributed by atoms with Crippen LogP contribution in [0.5, 0.6) is 0 Å². The molecule has 0 bridgehead atoms. The first kappa shape index (κ1) is 10.2. The lowest BCUT2D eigenvalue weighted by molar-refractivity contribution is 0.117. The molecular formula is C7H6BrF3S. The molecule has 0 aromatic rings. The third-order valence-corrected chi connectivity index (χ3v) is 2.50. The predicted octanol–water partition coefficient (Wildman–Crippen LogP) is 3.31. The van der Waals surface area contributed by atoms with Crippen LogP contribution in [0.15, 0.2) is 22.7 Å². The van der Waals surface area contributed by atoms with Crippen molar-refractivity contribution in [3.63, 3.8) is 0 Å². The van der Waals surface area contributed by atoms with Gasteiger partial charge in [0.1, 0.15) is 0 Å². The van der Waals surface area contributed by atoms with Crippen molar-refractivity contribution in [2.24, 2.45) is 5.92 Å². The highest BCUT2D eigenvalue weighted by atomic mass is 79.9. The van der Waals surface area contributed by atoms with E-state index in [0.717, 1.165) is 18.2 Å². The van der Waals surface area contributed by atoms with Crippen LogP contribution in [-0.2, 0) is 0 Å². The standard InChI is InChI=1S/C7H6BrF3S/c8-5-3-7(11,12)2-1-4(5)6(9)10/h1-4,6,12H/t4?,7-/m1/s1. The molecule has 1 unspecified atom stereocenters. The summed E-state index contributed by atoms with van der Waals surface area (Å²) < 4.78 is 37.4. The van der Waals surface area contributed by atoms with Gasteiger partial charge in [-0.05, 0) is 12.2 Å². The van der Waals surface area contributed by atoms with Gasteiger partial charge in [0.2, 0.25) is 6.43 Å². The molecule has 0 fully saturated rings. The van der Waals surface area contributed by atoms with E-state index in [1.807, 2.05) is 0 Å². The van der Waals surface area contributed by atoms with E-state index in [4.69, 9.17) is 0 Å². The molecule has 0 radical (unpaired) electrons. The maximum Gasteiger partial charge on any atom is 0.249 e. The van der Waals surface area contributed by atoms with Crippen LogP contribution in [0.25, 0.3) is 0 Å². The van der Waals surface area contributed by atoms with Crippen molar-refractivity contribution >= 4 is 28.6 Å². The van der Waals surface area contributed by atoms with Gasteiger partial charge in [-0.2, -0.15) is 0 Å². The van der Waals surface area contributed by atoms with Crippen LogP contribution in [0.4, 0.5) is 13.2 Å². The molecule has 2 atom stereocenters. The van der Waals surface area contributed by atoms with Crippen LogP contribution >= 0.6 is 28.6 Å². The summed E-state index contributed by atoms with van der Waals surface area (Å²) in [6.07, 6.45) is 0.628. The van der Waals surface area contributed by atoms with Crippen LogP contribution in [-0.4, -0.2) is 11.4 Å². The van der Waals surface area contributed by atoms with Crippen molar-refractivity contribution in [2.45, 2.75) is 11.4 Å². The van der Waals surface area contributed by atoms with Gasteiger partial charge in [0.05, 0.1) is 5.92 Å². The number of allylic oxidation sites excluding steroid dienone is 2. The highest BCUT2D eigenvalue weighted by Crippen LogP contribution is 2.36. The van der Waals surface area contributed by atoms with Gasteiger partial charge < -0.3 is 0 Å². The van der Waals surface area contributed by atoms with Gasteiger partial charge in [0.15, 0.2) is 5.00 Å². The fourth-order valence-corrected chi connectivity index (χ4v) is 1.96. The van der Waals surface area contributed by atoms with Crippen molar-refractivity contribution in [3.05, 3.63) is 22.7 Å². The minimum Gasteiger partial charge on any atom is -0.223 e. The molecule has 0 aromatic carbocycles. The molecule has 0 heterocycles. The quantitative estimate of drug-likeness (QED) is 0.542. The molecule has 0 nitrogen and oxygen atoms in total. The number of hydrogen-bond acceptors (Lipinski definition) is 1. The second-order valence-corrected chi connectivity index (χ2v) is 4.08. The molecule has 0 aromatic heterocycles. The van der Waals surface area contributed by atoms with E-state index in [-0.39, 0.29) is 4.48 Å². The Kier molecular flexibility index (Phi) is 2.93. The van der Waals surface area contributed by atoms with Gasteiger partial charge in [-0.15, -0.1) is 12.6 Å². The summed E-state index contributed by atoms with van der Waals surface area (Å²) in [6, 6.07) is 0. The number of thiol groups is 1. The number of hydrogen-bond donors (Lipinski definition) is 1. The van der Waals surface area contributed by atoms with E-state index in [1.165, 1.54) is 0 Å². The zero-order chi connectivity index (χ0) is 9.35. The highest BCUT2D eigenvalue weighted by Gasteiger charge is 2.30. The first-order valence-electron chi connectivity index (χ1n) is 3.19. The summed E-state index contributed by atoms with van der Waals surface area (Å²) in [4.78, 5) is 0. The average Bonchev–Trinajstić information content (AvgIpc) is 1.83. The normalized spacial score (nSPS) is 35.5. The monoisotopic (exact) mass is 258 g/mol. The number of rotatable bonds is 1. The average molecular weight is 259 g/mol. The van der Waals surface area contributed by atoms with Gasteiger partial charge in [-0.25, -0.2) is 13.2 Å². The Labute approximate surface area is 82.1 Å². The first-order chi connectivity index (χ1) is 5.42. The van der Waals surface area contributed by atoms with Gasteiger partial charge >= 0.3 is 0 Å². The molecule has 68 valence electrons. The first-order valence-corrected chi connectivity index (χ1v) is 4.43. The lowest BCUT2D eigenvalue weighted by Gasteiger charge is -2.20. The Morgan fingerprint density at radius 1 is 1.58 bits per heavy atom. The van der Waals surface area contributed by atoms with E-state index in [2.05, 4.69) is 28.6 Å². The van der Waals surface area contributed by atoms with Gasteiger partial charge in [-0.1, -0.05) is 22.0 Å². The van der Waals surface area contributed by atoms with Crippen molar-refractivity contribution in [1.82, 2.24) is 0 Å². The topological polar surface area (TPSA) is 0 Å². The van der Waals surface area contributed by atoms with E-state index in [9.17, 15) is 13.2 Å². The van der Waals surface area contributed by atoms with E-state index in [1.54, 1.807) is 0 Å². The van der Waals surface area contributed by atoms with Crippen molar-refractivity contribution in [3.8, 4) is 0 Å². The fourth-order valence-electron chi connectivity index (χ4n) is 0.873. The van der Waals surface area contributed by atoms with Gasteiger partial charge in [0, 0.05) is 4.48 Å². The molecule has 0 N–H and O–H groups in total. The SMILES string of the molecule is FC(F)C1C=C[C@@](F)(S)C=C1Br. The fraction of sp³-hybridized carbons (Fsp3) is 0.429. The molecule has 0 saturated carbocycles. The second-order valence-electron chi connectivity index (χ2n) is 2.48. The summed E-state index contributed by atoms with van der Waals surface area (Å²) in [5.74, 6) is -1.04. The van der Waals surface area contributed by atoms with E-state index >= 15 is 0 Å². The maximum atomic E-state index is 13.0. The third-order valence-electron chi connectivity index (χ3n) is 1.47. The van der Waals surface area contributed by atoms with E-state index < -0.39 is 17.3 Å². The van der Waals surface area contributed by atoms with Crippen LogP contribution < -0.4 is 0 Å². The summed E-state index contributed by atoms with van der Waals surface area (Å²) in [5, 5.41) is -1.91. The smallest absolute Gasteiger partial charge is 0.223 e. The molecular weight excluding hydrogens is 253 g/mol. The molecule has 0 aliphatic heterocycles. The molecule has 1 aliphatic carbocycles. The molecule has 1 aliphatic rings. The predicted molar refractivity (Wildman–Crippen MR) is 48.5 cm³/mol. The Morgan fingerprint density at radius 2 is 2.17 bits per heavy atom. The largest absolute Gasteiger partial charge is 0.249 e. The van der Waals surface area contributed by atoms with Crippen LogP contribution in [0, 0.1) is 5.92 Å². The Bertz CT molecular complexity index is 235. The molecule has 0 spiro atoms. The minimum absolute atomic E-state index is 0.137. The highest BCUT2D eigenvalue weighted by molar-refractivity contribution is 9.11. The molecule has 12 heavy (non-hydrogen) atoms. The summed E-state index contributed by atoms with van der Waals surface area (Å²) in [6.45, 7) is 0. The maximum absolute atomic E-state index is 13.0. The van der Waals surface area contributed by atoms with Gasteiger partial charge in [-0.3, -0.25) is 0 Å². The van der Waals surface area contributed by atoms with Crippen LogP contribution in [0.1, 0.15) is 0 Å². The molecule has 5 heteroatoms. The minimum atomic E-state index is -2.52. The molecule has 1 rings (SSSR count).